The highest BCUT2D eigenvalue weighted by atomic mass is 35.5. The average Bonchev–Trinajstić information content (AvgIpc) is 3.24. The Morgan fingerprint density at radius 3 is 2.50 bits per heavy atom. The van der Waals surface area contributed by atoms with Crippen molar-refractivity contribution in [2.75, 3.05) is 0 Å². The number of halogens is 1. The number of carbonyl (C=O) groups is 1. The molecular weight excluding hydrogens is 444 g/mol. The van der Waals surface area contributed by atoms with Gasteiger partial charge in [-0.3, -0.25) is 9.48 Å². The van der Waals surface area contributed by atoms with Crippen LogP contribution in [0.1, 0.15) is 26.6 Å². The smallest absolute Gasteiger partial charge is 0.266 e. The summed E-state index contributed by atoms with van der Waals surface area (Å²) < 4.78 is 28.8. The molecule has 0 unspecified atom stereocenters. The number of amides is 1. The molecule has 0 aliphatic carbocycles. The number of rotatable bonds is 5. The first-order valence-electron chi connectivity index (χ1n) is 8.96. The second-order valence-electron chi connectivity index (χ2n) is 6.71. The van der Waals surface area contributed by atoms with Crippen LogP contribution >= 0.6 is 22.9 Å². The molecule has 0 fully saturated rings. The van der Waals surface area contributed by atoms with Crippen molar-refractivity contribution < 1.29 is 13.2 Å². The van der Waals surface area contributed by atoms with E-state index in [0.29, 0.717) is 22.6 Å². The molecule has 0 saturated carbocycles. The number of nitrogens with zero attached hydrogens (tertiary/aromatic N) is 3. The Morgan fingerprint density at radius 2 is 1.83 bits per heavy atom. The fourth-order valence-corrected chi connectivity index (χ4v) is 5.34. The molecule has 0 atom stereocenters. The van der Waals surface area contributed by atoms with Gasteiger partial charge in [0.15, 0.2) is 5.69 Å². The number of para-hydroxylation sites is 1. The Morgan fingerprint density at radius 1 is 1.13 bits per heavy atom. The Balaban J connectivity index is 1.68. The third-order valence-electron chi connectivity index (χ3n) is 4.58. The van der Waals surface area contributed by atoms with Crippen molar-refractivity contribution in [1.29, 1.82) is 0 Å². The maximum atomic E-state index is 12.8. The standard InChI is InChI=1S/C20H17ClN4O3S2/c1-12-13(2)29-20(22-12)30(27,28)24-19(26)18-16-5-3-4-6-17(16)25(23-18)11-14-7-9-15(21)10-8-14/h3-10H,11H2,1-2H3,(H,24,26). The lowest BCUT2D eigenvalue weighted by Crippen LogP contribution is -2.31. The number of benzene rings is 2. The van der Waals surface area contributed by atoms with Crippen LogP contribution in [0.2, 0.25) is 5.02 Å². The zero-order chi connectivity index (χ0) is 21.5. The molecule has 1 amide bonds. The fraction of sp³-hybridized carbons (Fsp3) is 0.150. The molecule has 0 saturated heterocycles. The van der Waals surface area contributed by atoms with Gasteiger partial charge in [-0.15, -0.1) is 11.3 Å². The highest BCUT2D eigenvalue weighted by Crippen LogP contribution is 2.23. The van der Waals surface area contributed by atoms with Gasteiger partial charge in [-0.25, -0.2) is 9.71 Å². The van der Waals surface area contributed by atoms with Crippen molar-refractivity contribution in [3.05, 3.63) is 75.4 Å². The first-order chi connectivity index (χ1) is 14.2. The van der Waals surface area contributed by atoms with Crippen LogP contribution in [-0.4, -0.2) is 29.1 Å². The van der Waals surface area contributed by atoms with E-state index in [1.54, 1.807) is 42.8 Å². The number of aryl methyl sites for hydroxylation is 2. The predicted octanol–water partition coefficient (Wildman–Crippen LogP) is 3.93. The molecule has 0 aliphatic rings. The molecule has 30 heavy (non-hydrogen) atoms. The van der Waals surface area contributed by atoms with Crippen molar-refractivity contribution in [3.63, 3.8) is 0 Å². The maximum absolute atomic E-state index is 12.8. The molecule has 7 nitrogen and oxygen atoms in total. The van der Waals surface area contributed by atoms with E-state index < -0.39 is 15.9 Å². The van der Waals surface area contributed by atoms with Gasteiger partial charge in [0.1, 0.15) is 0 Å². The third-order valence-corrected chi connectivity index (χ3v) is 7.62. The minimum Gasteiger partial charge on any atom is -0.266 e. The van der Waals surface area contributed by atoms with E-state index in [1.807, 2.05) is 24.3 Å². The van der Waals surface area contributed by atoms with Crippen molar-refractivity contribution in [2.45, 2.75) is 24.7 Å². The van der Waals surface area contributed by atoms with Crippen LogP contribution in [-0.2, 0) is 16.6 Å². The van der Waals surface area contributed by atoms with Crippen LogP contribution in [0.3, 0.4) is 0 Å². The summed E-state index contributed by atoms with van der Waals surface area (Å²) in [6.07, 6.45) is 0. The van der Waals surface area contributed by atoms with E-state index in [1.165, 1.54) is 0 Å². The number of nitrogens with one attached hydrogen (secondary N) is 1. The number of hydrogen-bond acceptors (Lipinski definition) is 6. The molecule has 4 rings (SSSR count). The Hall–Kier alpha value is -2.75. The van der Waals surface area contributed by atoms with Gasteiger partial charge in [0.05, 0.1) is 17.8 Å². The first kappa shape index (κ1) is 20.5. The summed E-state index contributed by atoms with van der Waals surface area (Å²) in [6.45, 7) is 3.90. The average molecular weight is 461 g/mol. The van der Waals surface area contributed by atoms with Crippen LogP contribution in [0.5, 0.6) is 0 Å². The number of hydrogen-bond donors (Lipinski definition) is 1. The van der Waals surface area contributed by atoms with E-state index in [9.17, 15) is 13.2 Å². The first-order valence-corrected chi connectivity index (χ1v) is 11.6. The van der Waals surface area contributed by atoms with Crippen LogP contribution in [0.15, 0.2) is 52.9 Å². The Bertz CT molecular complexity index is 1340. The third kappa shape index (κ3) is 3.96. The Kier molecular flexibility index (Phi) is 5.35. The van der Waals surface area contributed by atoms with Gasteiger partial charge in [0, 0.05) is 15.3 Å². The van der Waals surface area contributed by atoms with Gasteiger partial charge in [0.2, 0.25) is 4.34 Å². The van der Waals surface area contributed by atoms with Crippen molar-refractivity contribution in [1.82, 2.24) is 19.5 Å². The second-order valence-corrected chi connectivity index (χ2v) is 10.2. The molecule has 10 heteroatoms. The lowest BCUT2D eigenvalue weighted by Gasteiger charge is -2.04. The molecule has 2 aromatic carbocycles. The number of sulfonamides is 1. The molecule has 2 heterocycles. The predicted molar refractivity (Wildman–Crippen MR) is 117 cm³/mol. The summed E-state index contributed by atoms with van der Waals surface area (Å²) in [5.74, 6) is -0.799. The fourth-order valence-electron chi connectivity index (χ4n) is 2.95. The van der Waals surface area contributed by atoms with Gasteiger partial charge in [-0.05, 0) is 37.6 Å². The van der Waals surface area contributed by atoms with E-state index in [2.05, 4.69) is 14.8 Å². The van der Waals surface area contributed by atoms with Gasteiger partial charge in [-0.2, -0.15) is 13.5 Å². The van der Waals surface area contributed by atoms with Crippen LogP contribution < -0.4 is 4.72 Å². The van der Waals surface area contributed by atoms with Crippen LogP contribution in [0, 0.1) is 13.8 Å². The number of fused-ring (bicyclic) bond motifs is 1. The molecule has 0 bridgehead atoms. The summed E-state index contributed by atoms with van der Waals surface area (Å²) in [5.41, 5.74) is 2.32. The summed E-state index contributed by atoms with van der Waals surface area (Å²) in [6, 6.07) is 14.5. The van der Waals surface area contributed by atoms with Gasteiger partial charge < -0.3 is 0 Å². The van der Waals surface area contributed by atoms with Gasteiger partial charge in [0.25, 0.3) is 15.9 Å². The zero-order valence-corrected chi connectivity index (χ0v) is 18.5. The highest BCUT2D eigenvalue weighted by molar-refractivity contribution is 7.92. The monoisotopic (exact) mass is 460 g/mol. The van der Waals surface area contributed by atoms with Crippen molar-refractivity contribution >= 4 is 49.8 Å². The second kappa shape index (κ2) is 7.82. The number of carbonyl (C=O) groups excluding carboxylic acids is 1. The molecule has 0 radical (unpaired) electrons. The maximum Gasteiger partial charge on any atom is 0.291 e. The largest absolute Gasteiger partial charge is 0.291 e. The van der Waals surface area contributed by atoms with E-state index in [-0.39, 0.29) is 10.0 Å². The Labute approximate surface area is 182 Å². The number of aromatic nitrogens is 3. The van der Waals surface area contributed by atoms with Gasteiger partial charge >= 0.3 is 0 Å². The summed E-state index contributed by atoms with van der Waals surface area (Å²) in [4.78, 5) is 17.7. The summed E-state index contributed by atoms with van der Waals surface area (Å²) >= 11 is 6.96. The minimum absolute atomic E-state index is 0.0353. The number of thiazole rings is 1. The SMILES string of the molecule is Cc1nc(S(=O)(=O)NC(=O)c2nn(Cc3ccc(Cl)cc3)c3ccccc23)sc1C. The molecule has 154 valence electrons. The van der Waals surface area contributed by atoms with Crippen LogP contribution in [0.25, 0.3) is 10.9 Å². The zero-order valence-electron chi connectivity index (χ0n) is 16.1. The van der Waals surface area contributed by atoms with E-state index in [4.69, 9.17) is 11.6 Å². The van der Waals surface area contributed by atoms with Gasteiger partial charge in [-0.1, -0.05) is 41.9 Å². The molecule has 2 aromatic heterocycles. The lowest BCUT2D eigenvalue weighted by molar-refractivity contribution is 0.0977. The molecule has 1 N–H and O–H groups in total. The molecular formula is C20H17ClN4O3S2. The summed E-state index contributed by atoms with van der Waals surface area (Å²) in [7, 11) is -4.09. The quantitative estimate of drug-likeness (QED) is 0.487. The molecule has 4 aromatic rings. The van der Waals surface area contributed by atoms with E-state index in [0.717, 1.165) is 27.3 Å². The van der Waals surface area contributed by atoms with E-state index >= 15 is 0 Å². The molecule has 0 spiro atoms. The van der Waals surface area contributed by atoms with Crippen molar-refractivity contribution in [2.24, 2.45) is 0 Å². The van der Waals surface area contributed by atoms with Crippen molar-refractivity contribution in [3.8, 4) is 0 Å². The topological polar surface area (TPSA) is 93.9 Å². The normalized spacial score (nSPS) is 11.7. The van der Waals surface area contributed by atoms with Crippen LogP contribution in [0.4, 0.5) is 0 Å². The highest BCUT2D eigenvalue weighted by Gasteiger charge is 2.26. The lowest BCUT2D eigenvalue weighted by atomic mass is 10.2. The molecule has 0 aliphatic heterocycles. The summed E-state index contributed by atoms with van der Waals surface area (Å²) in [5, 5.41) is 5.59. The minimum atomic E-state index is -4.09.